The second kappa shape index (κ2) is 6.35. The van der Waals surface area contributed by atoms with Crippen molar-refractivity contribution in [3.8, 4) is 0 Å². The van der Waals surface area contributed by atoms with Crippen LogP contribution < -0.4 is 0 Å². The molecule has 0 spiro atoms. The maximum absolute atomic E-state index is 13.0. The fourth-order valence-electron chi connectivity index (χ4n) is 3.74. The van der Waals surface area contributed by atoms with Gasteiger partial charge in [-0.3, -0.25) is 4.79 Å². The molecule has 3 aromatic rings. The van der Waals surface area contributed by atoms with E-state index in [2.05, 4.69) is 28.1 Å². The molecule has 1 N–H and O–H groups in total. The van der Waals surface area contributed by atoms with E-state index in [0.29, 0.717) is 24.6 Å². The Bertz CT molecular complexity index is 911. The SMILES string of the molecule is CCc1nc(C2CCCN2C(=O)Cc2c[nH]c3cccc(C)c23)no1. The molecule has 4 rings (SSSR count). The predicted octanol–water partition coefficient (Wildman–Crippen LogP) is 3.33. The summed E-state index contributed by atoms with van der Waals surface area (Å²) < 4.78 is 5.23. The van der Waals surface area contributed by atoms with Crippen molar-refractivity contribution in [3.05, 3.63) is 47.2 Å². The summed E-state index contributed by atoms with van der Waals surface area (Å²) in [5.41, 5.74) is 3.31. The van der Waals surface area contributed by atoms with Crippen LogP contribution in [0, 0.1) is 6.92 Å². The summed E-state index contributed by atoms with van der Waals surface area (Å²) in [6.45, 7) is 4.81. The number of nitrogens with zero attached hydrogens (tertiary/aromatic N) is 3. The van der Waals surface area contributed by atoms with Gasteiger partial charge in [0.15, 0.2) is 5.82 Å². The summed E-state index contributed by atoms with van der Waals surface area (Å²) in [5.74, 6) is 1.38. The van der Waals surface area contributed by atoms with E-state index in [1.165, 1.54) is 5.56 Å². The first-order valence-corrected chi connectivity index (χ1v) is 8.85. The number of fused-ring (bicyclic) bond motifs is 1. The normalized spacial score (nSPS) is 17.5. The second-order valence-electron chi connectivity index (χ2n) is 6.63. The number of carbonyl (C=O) groups is 1. The first-order chi connectivity index (χ1) is 12.2. The van der Waals surface area contributed by atoms with Crippen molar-refractivity contribution >= 4 is 16.8 Å². The Balaban J connectivity index is 1.57. The fourth-order valence-corrected chi connectivity index (χ4v) is 3.74. The number of aryl methyl sites for hydroxylation is 2. The van der Waals surface area contributed by atoms with Crippen LogP contribution in [0.15, 0.2) is 28.9 Å². The minimum atomic E-state index is -0.0668. The lowest BCUT2D eigenvalue weighted by Crippen LogP contribution is -2.32. The number of hydrogen-bond acceptors (Lipinski definition) is 4. The summed E-state index contributed by atoms with van der Waals surface area (Å²) in [6, 6.07) is 6.08. The molecular weight excluding hydrogens is 316 g/mol. The van der Waals surface area contributed by atoms with Gasteiger partial charge in [-0.25, -0.2) is 0 Å². The number of hydrogen-bond donors (Lipinski definition) is 1. The molecular formula is C19H22N4O2. The highest BCUT2D eigenvalue weighted by atomic mass is 16.5. The third-order valence-electron chi connectivity index (χ3n) is 4.99. The van der Waals surface area contributed by atoms with E-state index in [1.54, 1.807) is 0 Å². The summed E-state index contributed by atoms with van der Waals surface area (Å²) in [4.78, 5) is 22.6. The maximum Gasteiger partial charge on any atom is 0.227 e. The van der Waals surface area contributed by atoms with Crippen molar-refractivity contribution in [1.82, 2.24) is 20.0 Å². The van der Waals surface area contributed by atoms with Gasteiger partial charge >= 0.3 is 0 Å². The van der Waals surface area contributed by atoms with Crippen molar-refractivity contribution < 1.29 is 9.32 Å². The Hall–Kier alpha value is -2.63. The molecule has 6 heteroatoms. The van der Waals surface area contributed by atoms with Crippen LogP contribution in [-0.4, -0.2) is 32.5 Å². The van der Waals surface area contributed by atoms with Crippen LogP contribution in [0.1, 0.15) is 48.6 Å². The molecule has 1 atom stereocenters. The third-order valence-corrected chi connectivity index (χ3v) is 4.99. The molecule has 0 bridgehead atoms. The van der Waals surface area contributed by atoms with E-state index in [1.807, 2.05) is 30.2 Å². The monoisotopic (exact) mass is 338 g/mol. The number of benzene rings is 1. The molecule has 1 unspecified atom stereocenters. The van der Waals surface area contributed by atoms with Crippen LogP contribution in [0.4, 0.5) is 0 Å². The van der Waals surface area contributed by atoms with Gasteiger partial charge in [-0.15, -0.1) is 0 Å². The molecule has 1 aliphatic heterocycles. The minimum Gasteiger partial charge on any atom is -0.361 e. The van der Waals surface area contributed by atoms with Gasteiger partial charge in [-0.1, -0.05) is 24.2 Å². The first-order valence-electron chi connectivity index (χ1n) is 8.85. The van der Waals surface area contributed by atoms with E-state index in [0.717, 1.165) is 35.9 Å². The zero-order valence-corrected chi connectivity index (χ0v) is 14.6. The molecule has 1 amide bonds. The zero-order valence-electron chi connectivity index (χ0n) is 14.6. The van der Waals surface area contributed by atoms with E-state index in [9.17, 15) is 4.79 Å². The number of amides is 1. The number of aromatic amines is 1. The number of likely N-dealkylation sites (tertiary alicyclic amines) is 1. The molecule has 2 aromatic heterocycles. The molecule has 1 aliphatic rings. The average molecular weight is 338 g/mol. The largest absolute Gasteiger partial charge is 0.361 e. The molecule has 1 saturated heterocycles. The topological polar surface area (TPSA) is 75.0 Å². The molecule has 0 aliphatic carbocycles. The number of rotatable bonds is 4. The van der Waals surface area contributed by atoms with Crippen LogP contribution in [0.5, 0.6) is 0 Å². The van der Waals surface area contributed by atoms with Crippen molar-refractivity contribution in [2.45, 2.75) is 45.6 Å². The van der Waals surface area contributed by atoms with E-state index in [4.69, 9.17) is 4.52 Å². The lowest BCUT2D eigenvalue weighted by Gasteiger charge is -2.22. The Kier molecular flexibility index (Phi) is 4.03. The van der Waals surface area contributed by atoms with Crippen LogP contribution in [0.25, 0.3) is 10.9 Å². The molecule has 1 fully saturated rings. The molecule has 3 heterocycles. The van der Waals surface area contributed by atoms with Crippen LogP contribution >= 0.6 is 0 Å². The highest BCUT2D eigenvalue weighted by Crippen LogP contribution is 2.31. The van der Waals surface area contributed by atoms with E-state index < -0.39 is 0 Å². The lowest BCUT2D eigenvalue weighted by molar-refractivity contribution is -0.131. The standard InChI is InChI=1S/C19H22N4O2/c1-3-16-21-19(22-25-16)15-8-5-9-23(15)17(24)10-13-11-20-14-7-4-6-12(2)18(13)14/h4,6-7,11,15,20H,3,5,8-10H2,1-2H3. The van der Waals surface area contributed by atoms with Gasteiger partial charge in [-0.2, -0.15) is 4.98 Å². The summed E-state index contributed by atoms with van der Waals surface area (Å²) in [7, 11) is 0. The molecule has 1 aromatic carbocycles. The van der Waals surface area contributed by atoms with Crippen LogP contribution in [0.2, 0.25) is 0 Å². The van der Waals surface area contributed by atoms with Gasteiger partial charge in [0.1, 0.15) is 0 Å². The molecule has 130 valence electrons. The van der Waals surface area contributed by atoms with Gasteiger partial charge in [0, 0.05) is 30.1 Å². The Morgan fingerprint density at radius 2 is 2.32 bits per heavy atom. The van der Waals surface area contributed by atoms with Crippen molar-refractivity contribution in [2.75, 3.05) is 6.54 Å². The summed E-state index contributed by atoms with van der Waals surface area (Å²) in [5, 5.41) is 5.23. The number of H-pyrrole nitrogens is 1. The quantitative estimate of drug-likeness (QED) is 0.792. The highest BCUT2D eigenvalue weighted by Gasteiger charge is 2.33. The van der Waals surface area contributed by atoms with Gasteiger partial charge in [0.2, 0.25) is 11.8 Å². The minimum absolute atomic E-state index is 0.0668. The second-order valence-corrected chi connectivity index (χ2v) is 6.63. The van der Waals surface area contributed by atoms with Crippen LogP contribution in [-0.2, 0) is 17.6 Å². The van der Waals surface area contributed by atoms with Gasteiger partial charge in [0.05, 0.1) is 12.5 Å². The zero-order chi connectivity index (χ0) is 17.4. The Morgan fingerprint density at radius 3 is 3.12 bits per heavy atom. The van der Waals surface area contributed by atoms with Crippen molar-refractivity contribution in [1.29, 1.82) is 0 Å². The van der Waals surface area contributed by atoms with E-state index >= 15 is 0 Å². The molecule has 6 nitrogen and oxygen atoms in total. The van der Waals surface area contributed by atoms with Gasteiger partial charge < -0.3 is 14.4 Å². The lowest BCUT2D eigenvalue weighted by atomic mass is 10.0. The molecule has 25 heavy (non-hydrogen) atoms. The third kappa shape index (κ3) is 2.81. The fraction of sp³-hybridized carbons (Fsp3) is 0.421. The smallest absolute Gasteiger partial charge is 0.227 e. The van der Waals surface area contributed by atoms with Crippen LogP contribution in [0.3, 0.4) is 0 Å². The number of carbonyl (C=O) groups excluding carboxylic acids is 1. The summed E-state index contributed by atoms with van der Waals surface area (Å²) in [6.07, 6.45) is 4.91. The number of aromatic nitrogens is 3. The van der Waals surface area contributed by atoms with Crippen molar-refractivity contribution in [3.63, 3.8) is 0 Å². The van der Waals surface area contributed by atoms with Gasteiger partial charge in [-0.05, 0) is 37.0 Å². The maximum atomic E-state index is 13.0. The first kappa shape index (κ1) is 15.9. The Morgan fingerprint density at radius 1 is 1.44 bits per heavy atom. The molecule has 0 radical (unpaired) electrons. The average Bonchev–Trinajstić information content (AvgIpc) is 3.34. The highest BCUT2D eigenvalue weighted by molar-refractivity contribution is 5.91. The Labute approximate surface area is 146 Å². The van der Waals surface area contributed by atoms with Crippen molar-refractivity contribution in [2.24, 2.45) is 0 Å². The predicted molar refractivity (Wildman–Crippen MR) is 94.1 cm³/mol. The summed E-state index contributed by atoms with van der Waals surface area (Å²) >= 11 is 0. The van der Waals surface area contributed by atoms with E-state index in [-0.39, 0.29) is 11.9 Å². The number of nitrogens with one attached hydrogen (secondary N) is 1. The molecule has 0 saturated carbocycles. The van der Waals surface area contributed by atoms with Gasteiger partial charge in [0.25, 0.3) is 0 Å².